The van der Waals surface area contributed by atoms with Gasteiger partial charge in [-0.25, -0.2) is 9.59 Å². The lowest BCUT2D eigenvalue weighted by molar-refractivity contribution is -0.316. The van der Waals surface area contributed by atoms with Gasteiger partial charge in [0.25, 0.3) is 0 Å². The van der Waals surface area contributed by atoms with E-state index >= 15 is 0 Å². The Hall–Kier alpha value is -2.00. The summed E-state index contributed by atoms with van der Waals surface area (Å²) in [6.07, 6.45) is 0. The summed E-state index contributed by atoms with van der Waals surface area (Å²) < 4.78 is 12.0. The summed E-state index contributed by atoms with van der Waals surface area (Å²) in [6, 6.07) is 0. The van der Waals surface area contributed by atoms with Crippen molar-refractivity contribution in [3.63, 3.8) is 0 Å². The first-order valence-electron chi connectivity index (χ1n) is 4.24. The van der Waals surface area contributed by atoms with Crippen LogP contribution in [0.15, 0.2) is 0 Å². The van der Waals surface area contributed by atoms with Crippen LogP contribution in [0.4, 0.5) is 0 Å². The zero-order chi connectivity index (χ0) is 13.4. The van der Waals surface area contributed by atoms with Gasteiger partial charge in [-0.15, -0.1) is 0 Å². The lowest BCUT2D eigenvalue weighted by atomic mass is 10.1. The molecule has 9 heteroatoms. The number of rotatable bonds is 2. The lowest BCUT2D eigenvalue weighted by Gasteiger charge is -2.28. The quantitative estimate of drug-likeness (QED) is 0.236. The number of hydrogen-bond donors (Lipinski definition) is 2. The number of aliphatic hydroxyl groups is 2. The van der Waals surface area contributed by atoms with Gasteiger partial charge in [-0.05, 0) is 0 Å². The predicted octanol–water partition coefficient (Wildman–Crippen LogP) is -2.43. The molecule has 0 radical (unpaired) electrons. The Bertz CT molecular complexity index is 375. The van der Waals surface area contributed by atoms with Crippen LogP contribution in [0.3, 0.4) is 0 Å². The molecule has 1 aliphatic rings. The minimum Gasteiger partial charge on any atom is -0.416 e. The van der Waals surface area contributed by atoms with E-state index in [-0.39, 0.29) is 0 Å². The summed E-state index contributed by atoms with van der Waals surface area (Å²) in [5.41, 5.74) is 0. The molecule has 0 bridgehead atoms. The van der Waals surface area contributed by atoms with E-state index in [0.29, 0.717) is 0 Å². The van der Waals surface area contributed by atoms with Crippen LogP contribution in [0.25, 0.3) is 0 Å². The van der Waals surface area contributed by atoms with Gasteiger partial charge in [-0.1, -0.05) is 0 Å². The highest BCUT2D eigenvalue weighted by Crippen LogP contribution is 2.34. The average Bonchev–Trinajstić information content (AvgIpc) is 2.26. The molecule has 0 aromatic rings. The van der Waals surface area contributed by atoms with Gasteiger partial charge in [-0.2, -0.15) is 0 Å². The van der Waals surface area contributed by atoms with Gasteiger partial charge in [0, 0.05) is 13.8 Å². The first-order valence-corrected chi connectivity index (χ1v) is 4.24. The van der Waals surface area contributed by atoms with Gasteiger partial charge in [0.15, 0.2) is 0 Å². The fourth-order valence-electron chi connectivity index (χ4n) is 1.14. The Balaban J connectivity index is 3.22. The van der Waals surface area contributed by atoms with Crippen molar-refractivity contribution in [2.45, 2.75) is 25.4 Å². The fraction of sp³-hybridized carbons (Fsp3) is 0.500. The summed E-state index contributed by atoms with van der Waals surface area (Å²) in [6.45, 7) is 1.59. The smallest absolute Gasteiger partial charge is 0.395 e. The summed E-state index contributed by atoms with van der Waals surface area (Å²) in [4.78, 5) is 43.6. The summed E-state index contributed by atoms with van der Waals surface area (Å²) in [7, 11) is 0. The maximum atomic E-state index is 11.1. The highest BCUT2D eigenvalue weighted by molar-refractivity contribution is 6.05. The van der Waals surface area contributed by atoms with Gasteiger partial charge in [0.05, 0.1) is 0 Å². The topological polar surface area (TPSA) is 136 Å². The van der Waals surface area contributed by atoms with Crippen LogP contribution < -0.4 is 0 Å². The molecule has 0 amide bonds. The molecule has 2 N–H and O–H groups in total. The van der Waals surface area contributed by atoms with Crippen molar-refractivity contribution in [2.24, 2.45) is 0 Å². The van der Waals surface area contributed by atoms with Crippen molar-refractivity contribution in [1.82, 2.24) is 0 Å². The number of esters is 4. The molecule has 0 spiro atoms. The number of carbonyl (C=O) groups excluding carboxylic acids is 4. The van der Waals surface area contributed by atoms with Gasteiger partial charge in [0.2, 0.25) is 0 Å². The molecule has 17 heavy (non-hydrogen) atoms. The van der Waals surface area contributed by atoms with E-state index in [1.54, 1.807) is 0 Å². The molecule has 94 valence electrons. The van der Waals surface area contributed by atoms with Crippen molar-refractivity contribution in [3.8, 4) is 0 Å². The Morgan fingerprint density at radius 3 is 1.53 bits per heavy atom. The molecule has 0 aromatic heterocycles. The third kappa shape index (κ3) is 1.85. The number of ether oxygens (including phenoxy) is 3. The van der Waals surface area contributed by atoms with Crippen LogP contribution in [0.5, 0.6) is 0 Å². The van der Waals surface area contributed by atoms with Crippen molar-refractivity contribution in [1.29, 1.82) is 0 Å². The van der Waals surface area contributed by atoms with E-state index in [1.807, 2.05) is 0 Å². The van der Waals surface area contributed by atoms with Crippen LogP contribution in [0.1, 0.15) is 13.8 Å². The van der Waals surface area contributed by atoms with Gasteiger partial charge >= 0.3 is 35.5 Å². The molecule has 0 aromatic carbocycles. The van der Waals surface area contributed by atoms with Gasteiger partial charge in [-0.3, -0.25) is 9.59 Å². The molecule has 0 aliphatic carbocycles. The van der Waals surface area contributed by atoms with E-state index in [9.17, 15) is 29.4 Å². The molecule has 1 heterocycles. The van der Waals surface area contributed by atoms with Crippen LogP contribution >= 0.6 is 0 Å². The van der Waals surface area contributed by atoms with Crippen molar-refractivity contribution < 1.29 is 43.6 Å². The van der Waals surface area contributed by atoms with Gasteiger partial charge < -0.3 is 24.4 Å². The Morgan fingerprint density at radius 1 is 1.00 bits per heavy atom. The minimum atomic E-state index is -3.42. The van der Waals surface area contributed by atoms with E-state index in [4.69, 9.17) is 0 Å². The fourth-order valence-corrected chi connectivity index (χ4v) is 1.14. The van der Waals surface area contributed by atoms with Crippen LogP contribution in [0, 0.1) is 0 Å². The standard InChI is InChI=1S/C8H8O9/c1-3(9)16-7(13)5(11)15-6(12)8(7,14)17-4(2)10/h13-14H,1-2H3/t7-,8-/m1/s1. The highest BCUT2D eigenvalue weighted by Gasteiger charge is 2.75. The third-order valence-electron chi connectivity index (χ3n) is 1.78. The van der Waals surface area contributed by atoms with E-state index in [2.05, 4.69) is 14.2 Å². The van der Waals surface area contributed by atoms with Crippen LogP contribution in [-0.4, -0.2) is 45.7 Å². The molecular weight excluding hydrogens is 240 g/mol. The van der Waals surface area contributed by atoms with Crippen LogP contribution in [0.2, 0.25) is 0 Å². The molecule has 1 saturated heterocycles. The Labute approximate surface area is 93.9 Å². The first-order chi connectivity index (χ1) is 7.63. The van der Waals surface area contributed by atoms with E-state index in [0.717, 1.165) is 13.8 Å². The molecule has 0 saturated carbocycles. The third-order valence-corrected chi connectivity index (χ3v) is 1.78. The average molecular weight is 248 g/mol. The maximum absolute atomic E-state index is 11.1. The van der Waals surface area contributed by atoms with Crippen molar-refractivity contribution >= 4 is 23.9 Å². The van der Waals surface area contributed by atoms with E-state index < -0.39 is 35.5 Å². The van der Waals surface area contributed by atoms with E-state index in [1.165, 1.54) is 0 Å². The molecule has 1 rings (SSSR count). The maximum Gasteiger partial charge on any atom is 0.395 e. The Morgan fingerprint density at radius 2 is 1.29 bits per heavy atom. The largest absolute Gasteiger partial charge is 0.416 e. The highest BCUT2D eigenvalue weighted by atomic mass is 16.8. The summed E-state index contributed by atoms with van der Waals surface area (Å²) in [5, 5.41) is 19.2. The molecule has 9 nitrogen and oxygen atoms in total. The minimum absolute atomic E-state index is 0.794. The number of carbonyl (C=O) groups is 4. The Kier molecular flexibility index (Phi) is 2.91. The van der Waals surface area contributed by atoms with Crippen LogP contribution in [-0.2, 0) is 33.4 Å². The molecule has 1 fully saturated rings. The number of hydrogen-bond acceptors (Lipinski definition) is 9. The second-order valence-corrected chi connectivity index (χ2v) is 3.15. The monoisotopic (exact) mass is 248 g/mol. The second kappa shape index (κ2) is 3.79. The normalized spacial score (nSPS) is 32.0. The predicted molar refractivity (Wildman–Crippen MR) is 44.5 cm³/mol. The zero-order valence-electron chi connectivity index (χ0n) is 8.75. The summed E-state index contributed by atoms with van der Waals surface area (Å²) in [5.74, 6) is -12.8. The molecule has 1 aliphatic heterocycles. The zero-order valence-corrected chi connectivity index (χ0v) is 8.75. The van der Waals surface area contributed by atoms with Crippen molar-refractivity contribution in [3.05, 3.63) is 0 Å². The first kappa shape index (κ1) is 13.1. The molecule has 0 unspecified atom stereocenters. The van der Waals surface area contributed by atoms with Gasteiger partial charge in [0.1, 0.15) is 0 Å². The molecular formula is C8H8O9. The summed E-state index contributed by atoms with van der Waals surface area (Å²) >= 11 is 0. The van der Waals surface area contributed by atoms with Crippen molar-refractivity contribution in [2.75, 3.05) is 0 Å². The molecule has 2 atom stereocenters. The lowest BCUT2D eigenvalue weighted by Crippen LogP contribution is -2.61. The number of cyclic esters (lactones) is 2. The SMILES string of the molecule is CC(=O)O[C@]1(O)C(=O)OC(=O)[C@@]1(O)OC(C)=O. The second-order valence-electron chi connectivity index (χ2n) is 3.15.